The summed E-state index contributed by atoms with van der Waals surface area (Å²) in [5.41, 5.74) is 1.31. The molecule has 2 fully saturated rings. The minimum atomic E-state index is -0.00890. The summed E-state index contributed by atoms with van der Waals surface area (Å²) in [5, 5.41) is 10.8. The Morgan fingerprint density at radius 3 is 2.52 bits per heavy atom. The van der Waals surface area contributed by atoms with Crippen molar-refractivity contribution in [3.05, 3.63) is 35.9 Å². The number of ether oxygens (including phenoxy) is 1. The van der Waals surface area contributed by atoms with Crippen molar-refractivity contribution in [3.8, 4) is 0 Å². The largest absolute Gasteiger partial charge is 0.381 e. The highest BCUT2D eigenvalue weighted by Gasteiger charge is 2.35. The summed E-state index contributed by atoms with van der Waals surface area (Å²) < 4.78 is 5.64. The van der Waals surface area contributed by atoms with Crippen LogP contribution in [-0.2, 0) is 4.74 Å². The van der Waals surface area contributed by atoms with Crippen LogP contribution in [0.3, 0.4) is 0 Å². The van der Waals surface area contributed by atoms with Gasteiger partial charge in [-0.15, -0.1) is 24.0 Å². The first-order chi connectivity index (χ1) is 12.6. The van der Waals surface area contributed by atoms with Gasteiger partial charge in [0.2, 0.25) is 0 Å². The Kier molecular flexibility index (Phi) is 8.82. The summed E-state index contributed by atoms with van der Waals surface area (Å²) in [4.78, 5) is 4.95. The van der Waals surface area contributed by atoms with Crippen molar-refractivity contribution in [2.24, 2.45) is 10.9 Å². The second kappa shape index (κ2) is 10.6. The third-order valence-corrected chi connectivity index (χ3v) is 5.59. The molecule has 1 aliphatic heterocycles. The molecule has 1 aliphatic carbocycles. The van der Waals surface area contributed by atoms with Crippen molar-refractivity contribution in [1.82, 2.24) is 16.0 Å². The first kappa shape index (κ1) is 22.4. The average Bonchev–Trinajstić information content (AvgIpc) is 3.36. The lowest BCUT2D eigenvalue weighted by atomic mass is 9.88. The van der Waals surface area contributed by atoms with E-state index in [1.54, 1.807) is 0 Å². The summed E-state index contributed by atoms with van der Waals surface area (Å²) in [6.45, 7) is 9.89. The Hall–Kier alpha value is -0.860. The number of nitrogens with one attached hydrogen (secondary N) is 3. The zero-order valence-electron chi connectivity index (χ0n) is 16.8. The van der Waals surface area contributed by atoms with Crippen molar-refractivity contribution < 1.29 is 4.74 Å². The van der Waals surface area contributed by atoms with E-state index in [0.29, 0.717) is 12.1 Å². The maximum atomic E-state index is 5.64. The van der Waals surface area contributed by atoms with Gasteiger partial charge in [-0.05, 0) is 44.6 Å². The summed E-state index contributed by atoms with van der Waals surface area (Å²) in [7, 11) is 0. The predicted octanol–water partition coefficient (Wildman–Crippen LogP) is 3.47. The fraction of sp³-hybridized carbons (Fsp3) is 0.667. The van der Waals surface area contributed by atoms with Gasteiger partial charge in [0.1, 0.15) is 0 Å². The van der Waals surface area contributed by atoms with Crippen LogP contribution in [0.4, 0.5) is 0 Å². The molecule has 5 nitrogen and oxygen atoms in total. The lowest BCUT2D eigenvalue weighted by Crippen LogP contribution is -2.53. The van der Waals surface area contributed by atoms with E-state index in [4.69, 9.17) is 9.73 Å². The van der Waals surface area contributed by atoms with Gasteiger partial charge in [0.05, 0.1) is 6.54 Å². The minimum Gasteiger partial charge on any atom is -0.381 e. The average molecular weight is 486 g/mol. The summed E-state index contributed by atoms with van der Waals surface area (Å²) in [6.07, 6.45) is 3.23. The number of hydrogen-bond donors (Lipinski definition) is 3. The van der Waals surface area contributed by atoms with E-state index in [0.717, 1.165) is 51.0 Å². The van der Waals surface area contributed by atoms with Gasteiger partial charge >= 0.3 is 0 Å². The Labute approximate surface area is 181 Å². The van der Waals surface area contributed by atoms with Crippen LogP contribution in [-0.4, -0.2) is 43.8 Å². The zero-order valence-corrected chi connectivity index (χ0v) is 19.2. The van der Waals surface area contributed by atoms with E-state index in [2.05, 4.69) is 67.1 Å². The van der Waals surface area contributed by atoms with Gasteiger partial charge in [0, 0.05) is 37.4 Å². The van der Waals surface area contributed by atoms with E-state index in [1.165, 1.54) is 12.0 Å². The highest BCUT2D eigenvalue weighted by Crippen LogP contribution is 2.29. The van der Waals surface area contributed by atoms with E-state index >= 15 is 0 Å². The van der Waals surface area contributed by atoms with Crippen LogP contribution in [0.2, 0.25) is 0 Å². The van der Waals surface area contributed by atoms with Gasteiger partial charge in [0.25, 0.3) is 0 Å². The Morgan fingerprint density at radius 1 is 1.26 bits per heavy atom. The Morgan fingerprint density at radius 2 is 1.93 bits per heavy atom. The highest BCUT2D eigenvalue weighted by atomic mass is 127. The molecule has 3 N–H and O–H groups in total. The van der Waals surface area contributed by atoms with E-state index in [1.807, 2.05) is 0 Å². The Balaban J connectivity index is 0.00000261. The number of guanidine groups is 1. The minimum absolute atomic E-state index is 0. The third kappa shape index (κ3) is 6.61. The van der Waals surface area contributed by atoms with Crippen LogP contribution >= 0.6 is 24.0 Å². The van der Waals surface area contributed by atoms with E-state index < -0.39 is 0 Å². The molecule has 1 aromatic rings. The lowest BCUT2D eigenvalue weighted by Gasteiger charge is -2.39. The third-order valence-electron chi connectivity index (χ3n) is 5.59. The first-order valence-electron chi connectivity index (χ1n) is 10.1. The molecule has 0 radical (unpaired) electrons. The zero-order chi connectivity index (χ0) is 18.4. The summed E-state index contributed by atoms with van der Waals surface area (Å²) >= 11 is 0. The molecule has 1 aromatic carbocycles. The van der Waals surface area contributed by atoms with Crippen molar-refractivity contribution >= 4 is 29.9 Å². The van der Waals surface area contributed by atoms with Gasteiger partial charge in [-0.2, -0.15) is 0 Å². The van der Waals surface area contributed by atoms with Crippen molar-refractivity contribution in [2.45, 2.75) is 57.7 Å². The number of nitrogens with zero attached hydrogens (tertiary/aromatic N) is 1. The number of hydrogen-bond acceptors (Lipinski definition) is 3. The van der Waals surface area contributed by atoms with Crippen molar-refractivity contribution in [3.63, 3.8) is 0 Å². The molecule has 0 spiro atoms. The van der Waals surface area contributed by atoms with Gasteiger partial charge in [-0.1, -0.05) is 37.3 Å². The smallest absolute Gasteiger partial charge is 0.191 e. The van der Waals surface area contributed by atoms with Gasteiger partial charge in [0.15, 0.2) is 5.96 Å². The van der Waals surface area contributed by atoms with Gasteiger partial charge in [-0.25, -0.2) is 0 Å². The van der Waals surface area contributed by atoms with Crippen LogP contribution < -0.4 is 16.0 Å². The predicted molar refractivity (Wildman–Crippen MR) is 123 cm³/mol. The van der Waals surface area contributed by atoms with E-state index in [9.17, 15) is 0 Å². The molecule has 152 valence electrons. The molecule has 6 heteroatoms. The maximum absolute atomic E-state index is 5.64. The lowest BCUT2D eigenvalue weighted by molar-refractivity contribution is 0.0374. The monoisotopic (exact) mass is 486 g/mol. The normalized spacial score (nSPS) is 25.2. The van der Waals surface area contributed by atoms with Crippen molar-refractivity contribution in [2.75, 3.05) is 26.3 Å². The molecule has 0 amide bonds. The number of halogens is 1. The SMILES string of the molecule is CCNC(=NCC1(NC(C)c2ccccc2)CCOCC1)NC1CC1C.I. The molecule has 1 saturated carbocycles. The molecule has 2 aliphatic rings. The molecule has 0 aromatic heterocycles. The molecule has 0 bridgehead atoms. The van der Waals surface area contributed by atoms with Crippen LogP contribution in [0.25, 0.3) is 0 Å². The maximum Gasteiger partial charge on any atom is 0.191 e. The number of benzene rings is 1. The van der Waals surface area contributed by atoms with Crippen LogP contribution in [0.1, 0.15) is 51.6 Å². The molecule has 27 heavy (non-hydrogen) atoms. The number of aliphatic imine (C=N–C) groups is 1. The molecular weight excluding hydrogens is 451 g/mol. The second-order valence-corrected chi connectivity index (χ2v) is 7.83. The number of rotatable bonds is 7. The molecule has 3 atom stereocenters. The fourth-order valence-electron chi connectivity index (χ4n) is 3.64. The van der Waals surface area contributed by atoms with Gasteiger partial charge in [-0.3, -0.25) is 4.99 Å². The molecule has 1 heterocycles. The van der Waals surface area contributed by atoms with Crippen LogP contribution in [0.5, 0.6) is 0 Å². The van der Waals surface area contributed by atoms with E-state index in [-0.39, 0.29) is 29.5 Å². The standard InChI is InChI=1S/C21H34N4O.HI/c1-4-22-20(24-19-14-16(19)2)23-15-21(10-12-26-13-11-21)25-17(3)18-8-6-5-7-9-18;/h5-9,16-17,19,25H,4,10-15H2,1-3H3,(H2,22,23,24);1H. The summed E-state index contributed by atoms with van der Waals surface area (Å²) in [6, 6.07) is 11.5. The van der Waals surface area contributed by atoms with Crippen molar-refractivity contribution in [1.29, 1.82) is 0 Å². The van der Waals surface area contributed by atoms with Crippen LogP contribution in [0, 0.1) is 5.92 Å². The molecule has 1 saturated heterocycles. The fourth-order valence-corrected chi connectivity index (χ4v) is 3.64. The van der Waals surface area contributed by atoms with Crippen LogP contribution in [0.15, 0.2) is 35.3 Å². The van der Waals surface area contributed by atoms with Gasteiger partial charge < -0.3 is 20.7 Å². The highest BCUT2D eigenvalue weighted by molar-refractivity contribution is 14.0. The second-order valence-electron chi connectivity index (χ2n) is 7.83. The first-order valence-corrected chi connectivity index (χ1v) is 10.1. The Bertz CT molecular complexity index is 589. The molecule has 3 rings (SSSR count). The summed E-state index contributed by atoms with van der Waals surface area (Å²) in [5.74, 6) is 1.70. The quantitative estimate of drug-likeness (QED) is 0.314. The topological polar surface area (TPSA) is 57.7 Å². The molecular formula is C21H35IN4O. The molecule has 3 unspecified atom stereocenters.